The lowest BCUT2D eigenvalue weighted by molar-refractivity contribution is -0.131. The molecule has 1 atom stereocenters. The minimum absolute atomic E-state index is 0.140. The van der Waals surface area contributed by atoms with Crippen molar-refractivity contribution in [2.75, 3.05) is 18.4 Å². The molecule has 1 aromatic heterocycles. The predicted octanol–water partition coefficient (Wildman–Crippen LogP) is 2.55. The number of hydrogen-bond donors (Lipinski definition) is 1. The number of amides is 2. The number of likely N-dealkylation sites (tertiary alicyclic amines) is 1. The molecule has 2 aliphatic rings. The molecular formula is C15H18BrN3O4. The molecule has 3 rings (SSSR count). The second kappa shape index (κ2) is 5.36. The van der Waals surface area contributed by atoms with E-state index < -0.39 is 17.3 Å². The van der Waals surface area contributed by atoms with E-state index in [0.29, 0.717) is 29.1 Å². The predicted molar refractivity (Wildman–Crippen MR) is 86.3 cm³/mol. The first-order chi connectivity index (χ1) is 10.7. The number of anilines is 1. The van der Waals surface area contributed by atoms with Gasteiger partial charge in [0.25, 0.3) is 5.91 Å². The normalized spacial score (nSPS) is 23.3. The summed E-state index contributed by atoms with van der Waals surface area (Å²) in [5.41, 5.74) is -1.17. The van der Waals surface area contributed by atoms with E-state index in [-0.39, 0.29) is 12.5 Å². The fraction of sp³-hybridized carbons (Fsp3) is 0.533. The zero-order chi connectivity index (χ0) is 16.8. The average molecular weight is 384 g/mol. The van der Waals surface area contributed by atoms with Crippen LogP contribution in [0, 0.1) is 0 Å². The van der Waals surface area contributed by atoms with Crippen molar-refractivity contribution in [3.05, 3.63) is 16.7 Å². The van der Waals surface area contributed by atoms with Crippen molar-refractivity contribution in [3.8, 4) is 5.88 Å². The van der Waals surface area contributed by atoms with Gasteiger partial charge in [0.1, 0.15) is 15.9 Å². The highest BCUT2D eigenvalue weighted by molar-refractivity contribution is 9.10. The summed E-state index contributed by atoms with van der Waals surface area (Å²) in [5.74, 6) is 0.0881. The number of carbonyl (C=O) groups excluding carboxylic acids is 2. The molecule has 1 spiro atoms. The molecule has 1 fully saturated rings. The third kappa shape index (κ3) is 3.12. The van der Waals surface area contributed by atoms with Crippen molar-refractivity contribution in [1.29, 1.82) is 0 Å². The number of halogens is 1. The lowest BCUT2D eigenvalue weighted by Crippen LogP contribution is -2.53. The zero-order valence-electron chi connectivity index (χ0n) is 13.2. The number of aromatic nitrogens is 1. The molecule has 0 aliphatic carbocycles. The van der Waals surface area contributed by atoms with Gasteiger partial charge in [-0.25, -0.2) is 9.78 Å². The van der Waals surface area contributed by atoms with E-state index in [1.165, 1.54) is 4.90 Å². The van der Waals surface area contributed by atoms with E-state index in [0.717, 1.165) is 0 Å². The summed E-state index contributed by atoms with van der Waals surface area (Å²) in [7, 11) is 0. The van der Waals surface area contributed by atoms with Crippen LogP contribution < -0.4 is 10.1 Å². The molecule has 0 saturated carbocycles. The topological polar surface area (TPSA) is 80.8 Å². The van der Waals surface area contributed by atoms with Crippen LogP contribution in [0.3, 0.4) is 0 Å². The Morgan fingerprint density at radius 2 is 2.22 bits per heavy atom. The standard InChI is InChI=1S/C15H18BrN3O4/c1-14(2,3)23-13(21)19-7-6-15(8-19)12(20)17-9-4-5-10(16)18-11(9)22-15/h4-5H,6-8H2,1-3H3,(H,17,20). The van der Waals surface area contributed by atoms with Crippen LogP contribution in [-0.4, -0.2) is 46.2 Å². The summed E-state index contributed by atoms with van der Waals surface area (Å²) in [6.07, 6.45) is -0.0510. The number of ether oxygens (including phenoxy) is 2. The molecule has 1 N–H and O–H groups in total. The van der Waals surface area contributed by atoms with E-state index >= 15 is 0 Å². The maximum Gasteiger partial charge on any atom is 0.410 e. The van der Waals surface area contributed by atoms with E-state index in [2.05, 4.69) is 26.2 Å². The van der Waals surface area contributed by atoms with Gasteiger partial charge >= 0.3 is 6.09 Å². The number of nitrogens with zero attached hydrogens (tertiary/aromatic N) is 2. The molecule has 23 heavy (non-hydrogen) atoms. The first kappa shape index (κ1) is 16.0. The molecular weight excluding hydrogens is 366 g/mol. The van der Waals surface area contributed by atoms with Gasteiger partial charge in [0.2, 0.25) is 11.5 Å². The molecule has 3 heterocycles. The van der Waals surface area contributed by atoms with Gasteiger partial charge < -0.3 is 19.7 Å². The number of pyridine rings is 1. The molecule has 8 heteroatoms. The Labute approximate surface area is 142 Å². The molecule has 0 bridgehead atoms. The molecule has 124 valence electrons. The van der Waals surface area contributed by atoms with Crippen LogP contribution >= 0.6 is 15.9 Å². The van der Waals surface area contributed by atoms with Crippen LogP contribution in [0.15, 0.2) is 16.7 Å². The Bertz CT molecular complexity index is 673. The summed E-state index contributed by atoms with van der Waals surface area (Å²) < 4.78 is 11.9. The number of rotatable bonds is 0. The molecule has 7 nitrogen and oxygen atoms in total. The van der Waals surface area contributed by atoms with Gasteiger partial charge in [-0.2, -0.15) is 0 Å². The molecule has 1 aromatic rings. The minimum atomic E-state index is -1.11. The van der Waals surface area contributed by atoms with Crippen LogP contribution in [0.2, 0.25) is 0 Å². The molecule has 2 amide bonds. The molecule has 0 aromatic carbocycles. The summed E-state index contributed by atoms with van der Waals surface area (Å²) >= 11 is 3.28. The average Bonchev–Trinajstić information content (AvgIpc) is 2.84. The second-order valence-electron chi connectivity index (χ2n) is 6.69. The Morgan fingerprint density at radius 1 is 1.48 bits per heavy atom. The summed E-state index contributed by atoms with van der Waals surface area (Å²) in [6.45, 7) is 5.95. The van der Waals surface area contributed by atoms with Gasteiger partial charge in [0, 0.05) is 13.0 Å². The van der Waals surface area contributed by atoms with Crippen LogP contribution in [0.25, 0.3) is 0 Å². The van der Waals surface area contributed by atoms with Gasteiger partial charge in [0.15, 0.2) is 0 Å². The van der Waals surface area contributed by atoms with Gasteiger partial charge in [-0.3, -0.25) is 4.79 Å². The molecule has 1 saturated heterocycles. The Morgan fingerprint density at radius 3 is 2.91 bits per heavy atom. The fourth-order valence-corrected chi connectivity index (χ4v) is 2.88. The van der Waals surface area contributed by atoms with Crippen LogP contribution in [0.1, 0.15) is 27.2 Å². The van der Waals surface area contributed by atoms with Crippen molar-refractivity contribution < 1.29 is 19.1 Å². The fourth-order valence-electron chi connectivity index (χ4n) is 2.59. The highest BCUT2D eigenvalue weighted by Gasteiger charge is 2.52. The van der Waals surface area contributed by atoms with Gasteiger partial charge in [-0.15, -0.1) is 0 Å². The molecule has 0 radical (unpaired) electrons. The van der Waals surface area contributed by atoms with Gasteiger partial charge in [-0.05, 0) is 48.8 Å². The number of fused-ring (bicyclic) bond motifs is 1. The van der Waals surface area contributed by atoms with E-state index in [1.807, 2.05) is 0 Å². The van der Waals surface area contributed by atoms with Crippen molar-refractivity contribution in [2.45, 2.75) is 38.4 Å². The number of nitrogens with one attached hydrogen (secondary N) is 1. The first-order valence-electron chi connectivity index (χ1n) is 7.33. The SMILES string of the molecule is CC(C)(C)OC(=O)N1CCC2(C1)Oc1nc(Br)ccc1NC2=O. The quantitative estimate of drug-likeness (QED) is 0.696. The maximum atomic E-state index is 12.5. The Hall–Kier alpha value is -1.83. The van der Waals surface area contributed by atoms with Crippen molar-refractivity contribution >= 4 is 33.6 Å². The summed E-state index contributed by atoms with van der Waals surface area (Å²) in [6, 6.07) is 3.44. The third-order valence-corrected chi connectivity index (χ3v) is 4.11. The zero-order valence-corrected chi connectivity index (χ0v) is 14.8. The molecule has 2 aliphatic heterocycles. The molecule has 1 unspecified atom stereocenters. The van der Waals surface area contributed by atoms with E-state index in [1.54, 1.807) is 32.9 Å². The maximum absolute atomic E-state index is 12.5. The van der Waals surface area contributed by atoms with E-state index in [9.17, 15) is 9.59 Å². The highest BCUT2D eigenvalue weighted by Crippen LogP contribution is 2.37. The Balaban J connectivity index is 1.79. The van der Waals surface area contributed by atoms with Gasteiger partial charge in [-0.1, -0.05) is 0 Å². The Kier molecular flexibility index (Phi) is 3.74. The van der Waals surface area contributed by atoms with Crippen molar-refractivity contribution in [2.24, 2.45) is 0 Å². The number of hydrogen-bond acceptors (Lipinski definition) is 5. The van der Waals surface area contributed by atoms with Crippen molar-refractivity contribution in [3.63, 3.8) is 0 Å². The third-order valence-electron chi connectivity index (χ3n) is 3.66. The van der Waals surface area contributed by atoms with E-state index in [4.69, 9.17) is 9.47 Å². The number of carbonyl (C=O) groups is 2. The van der Waals surface area contributed by atoms with Crippen molar-refractivity contribution in [1.82, 2.24) is 9.88 Å². The summed E-state index contributed by atoms with van der Waals surface area (Å²) in [5, 5.41) is 2.80. The van der Waals surface area contributed by atoms with Crippen LogP contribution in [0.5, 0.6) is 5.88 Å². The monoisotopic (exact) mass is 383 g/mol. The lowest BCUT2D eigenvalue weighted by atomic mass is 10.0. The largest absolute Gasteiger partial charge is 0.457 e. The smallest absolute Gasteiger partial charge is 0.410 e. The summed E-state index contributed by atoms with van der Waals surface area (Å²) in [4.78, 5) is 30.4. The minimum Gasteiger partial charge on any atom is -0.457 e. The lowest BCUT2D eigenvalue weighted by Gasteiger charge is -2.33. The van der Waals surface area contributed by atoms with Crippen LogP contribution in [0.4, 0.5) is 10.5 Å². The second-order valence-corrected chi connectivity index (χ2v) is 7.50. The van der Waals surface area contributed by atoms with Gasteiger partial charge in [0.05, 0.1) is 6.54 Å². The first-order valence-corrected chi connectivity index (χ1v) is 8.13. The van der Waals surface area contributed by atoms with Crippen LogP contribution in [-0.2, 0) is 9.53 Å². The highest BCUT2D eigenvalue weighted by atomic mass is 79.9.